The van der Waals surface area contributed by atoms with Crippen molar-refractivity contribution < 1.29 is 9.53 Å². The lowest BCUT2D eigenvalue weighted by Gasteiger charge is -2.06. The molecule has 1 heterocycles. The summed E-state index contributed by atoms with van der Waals surface area (Å²) in [5, 5.41) is 7.66. The van der Waals surface area contributed by atoms with Gasteiger partial charge in [0.2, 0.25) is 5.91 Å². The van der Waals surface area contributed by atoms with E-state index >= 15 is 0 Å². The van der Waals surface area contributed by atoms with Gasteiger partial charge in [-0.3, -0.25) is 4.79 Å². The summed E-state index contributed by atoms with van der Waals surface area (Å²) in [6.45, 7) is 2.78. The molecule has 0 radical (unpaired) electrons. The van der Waals surface area contributed by atoms with Gasteiger partial charge in [-0.25, -0.2) is 4.68 Å². The van der Waals surface area contributed by atoms with Crippen LogP contribution in [0.2, 0.25) is 0 Å². The number of nitrogens with zero attached hydrogens (tertiary/aromatic N) is 2. The van der Waals surface area contributed by atoms with Crippen molar-refractivity contribution in [2.45, 2.75) is 19.8 Å². The summed E-state index contributed by atoms with van der Waals surface area (Å²) in [6, 6.07) is 17.6. The molecule has 0 aliphatic rings. The number of benzene rings is 2. The predicted octanol–water partition coefficient (Wildman–Crippen LogP) is 4.48. The molecule has 0 bridgehead atoms. The minimum Gasteiger partial charge on any atom is -0.496 e. The summed E-state index contributed by atoms with van der Waals surface area (Å²) >= 11 is 0. The van der Waals surface area contributed by atoms with Gasteiger partial charge in [0.1, 0.15) is 11.4 Å². The minimum absolute atomic E-state index is 0.105. The molecule has 28 heavy (non-hydrogen) atoms. The number of hydrogen-bond acceptors (Lipinski definition) is 3. The van der Waals surface area contributed by atoms with Gasteiger partial charge in [-0.1, -0.05) is 43.7 Å². The van der Waals surface area contributed by atoms with E-state index in [1.807, 2.05) is 65.5 Å². The van der Waals surface area contributed by atoms with Crippen LogP contribution < -0.4 is 10.1 Å². The van der Waals surface area contributed by atoms with Crippen LogP contribution in [0.25, 0.3) is 23.0 Å². The fraction of sp³-hybridized carbons (Fsp3) is 0.217. The van der Waals surface area contributed by atoms with Crippen LogP contribution in [-0.2, 0) is 4.79 Å². The number of carbonyl (C=O) groups excluding carboxylic acids is 1. The molecule has 1 N–H and O–H groups in total. The van der Waals surface area contributed by atoms with Crippen molar-refractivity contribution in [3.63, 3.8) is 0 Å². The lowest BCUT2D eigenvalue weighted by Crippen LogP contribution is -2.21. The third-order valence-electron chi connectivity index (χ3n) is 4.37. The quantitative estimate of drug-likeness (QED) is 0.467. The third-order valence-corrected chi connectivity index (χ3v) is 4.37. The lowest BCUT2D eigenvalue weighted by atomic mass is 10.1. The first-order valence-corrected chi connectivity index (χ1v) is 9.47. The fourth-order valence-electron chi connectivity index (χ4n) is 2.88. The molecular weight excluding hydrogens is 350 g/mol. The molecule has 5 heteroatoms. The van der Waals surface area contributed by atoms with Crippen LogP contribution in [0.1, 0.15) is 25.3 Å². The van der Waals surface area contributed by atoms with E-state index < -0.39 is 0 Å². The Morgan fingerprint density at radius 1 is 1.14 bits per heavy atom. The Morgan fingerprint density at radius 3 is 2.64 bits per heavy atom. The summed E-state index contributed by atoms with van der Waals surface area (Å²) in [5.74, 6) is 0.634. The van der Waals surface area contributed by atoms with E-state index in [4.69, 9.17) is 9.84 Å². The number of aromatic nitrogens is 2. The van der Waals surface area contributed by atoms with Gasteiger partial charge in [0.25, 0.3) is 0 Å². The number of hydrogen-bond donors (Lipinski definition) is 1. The van der Waals surface area contributed by atoms with Crippen LogP contribution in [0, 0.1) is 0 Å². The predicted molar refractivity (Wildman–Crippen MR) is 113 cm³/mol. The van der Waals surface area contributed by atoms with E-state index in [2.05, 4.69) is 12.2 Å². The van der Waals surface area contributed by atoms with Gasteiger partial charge in [-0.15, -0.1) is 0 Å². The van der Waals surface area contributed by atoms with Crippen molar-refractivity contribution in [1.29, 1.82) is 0 Å². The molecular formula is C23H25N3O2. The number of amides is 1. The van der Waals surface area contributed by atoms with E-state index in [-0.39, 0.29) is 5.91 Å². The molecule has 0 spiro atoms. The maximum absolute atomic E-state index is 12.1. The molecule has 0 unspecified atom stereocenters. The summed E-state index contributed by atoms with van der Waals surface area (Å²) in [7, 11) is 1.64. The Labute approximate surface area is 165 Å². The molecule has 2 aromatic carbocycles. The minimum atomic E-state index is -0.105. The zero-order valence-corrected chi connectivity index (χ0v) is 16.3. The molecule has 0 atom stereocenters. The Kier molecular flexibility index (Phi) is 6.63. The van der Waals surface area contributed by atoms with Crippen molar-refractivity contribution in [1.82, 2.24) is 15.1 Å². The van der Waals surface area contributed by atoms with Crippen molar-refractivity contribution in [3.05, 3.63) is 72.4 Å². The molecule has 144 valence electrons. The SMILES string of the molecule is CCCCNC(=O)/C=C/c1cn(-c2ccccc2)nc1-c1ccccc1OC. The van der Waals surface area contributed by atoms with E-state index in [0.29, 0.717) is 6.54 Å². The van der Waals surface area contributed by atoms with Crippen molar-refractivity contribution >= 4 is 12.0 Å². The number of carbonyl (C=O) groups is 1. The number of unbranched alkanes of at least 4 members (excludes halogenated alkanes) is 1. The molecule has 3 rings (SSSR count). The summed E-state index contributed by atoms with van der Waals surface area (Å²) in [5.41, 5.74) is 3.44. The average Bonchev–Trinajstić information content (AvgIpc) is 3.17. The van der Waals surface area contributed by atoms with Gasteiger partial charge in [-0.2, -0.15) is 5.10 Å². The number of ether oxygens (including phenoxy) is 1. The first kappa shape index (κ1) is 19.4. The van der Waals surface area contributed by atoms with Gasteiger partial charge >= 0.3 is 0 Å². The van der Waals surface area contributed by atoms with Crippen LogP contribution in [0.3, 0.4) is 0 Å². The van der Waals surface area contributed by atoms with Crippen molar-refractivity contribution in [3.8, 4) is 22.7 Å². The summed E-state index contributed by atoms with van der Waals surface area (Å²) < 4.78 is 7.32. The molecule has 1 amide bonds. The zero-order chi connectivity index (χ0) is 19.8. The average molecular weight is 375 g/mol. The number of methoxy groups -OCH3 is 1. The van der Waals surface area contributed by atoms with Gasteiger partial charge in [-0.05, 0) is 36.8 Å². The van der Waals surface area contributed by atoms with E-state index in [1.54, 1.807) is 19.3 Å². The molecule has 1 aromatic heterocycles. The number of rotatable bonds is 8. The van der Waals surface area contributed by atoms with Crippen molar-refractivity contribution in [2.24, 2.45) is 0 Å². The van der Waals surface area contributed by atoms with Gasteiger partial charge in [0.15, 0.2) is 0 Å². The molecule has 0 saturated carbocycles. The van der Waals surface area contributed by atoms with Crippen LogP contribution >= 0.6 is 0 Å². The molecule has 0 fully saturated rings. The highest BCUT2D eigenvalue weighted by molar-refractivity contribution is 5.93. The second-order valence-corrected chi connectivity index (χ2v) is 6.39. The Morgan fingerprint density at radius 2 is 1.89 bits per heavy atom. The maximum Gasteiger partial charge on any atom is 0.244 e. The highest BCUT2D eigenvalue weighted by Gasteiger charge is 2.14. The third kappa shape index (κ3) is 4.68. The smallest absolute Gasteiger partial charge is 0.244 e. The standard InChI is InChI=1S/C23H25N3O2/c1-3-4-16-24-22(27)15-14-18-17-26(19-10-6-5-7-11-19)25-23(18)20-12-8-9-13-21(20)28-2/h5-15,17H,3-4,16H2,1-2H3,(H,24,27)/b15-14+. The summed E-state index contributed by atoms with van der Waals surface area (Å²) in [6.07, 6.45) is 7.30. The number of para-hydroxylation sites is 2. The zero-order valence-electron chi connectivity index (χ0n) is 16.3. The van der Waals surface area contributed by atoms with E-state index in [0.717, 1.165) is 41.1 Å². The highest BCUT2D eigenvalue weighted by atomic mass is 16.5. The van der Waals surface area contributed by atoms with Crippen LogP contribution in [0.15, 0.2) is 66.9 Å². The number of nitrogens with one attached hydrogen (secondary N) is 1. The highest BCUT2D eigenvalue weighted by Crippen LogP contribution is 2.32. The monoisotopic (exact) mass is 375 g/mol. The molecule has 3 aromatic rings. The maximum atomic E-state index is 12.1. The Hall–Kier alpha value is -3.34. The molecule has 0 aliphatic heterocycles. The first-order valence-electron chi connectivity index (χ1n) is 9.47. The normalized spacial score (nSPS) is 10.9. The topological polar surface area (TPSA) is 56.2 Å². The molecule has 0 aliphatic carbocycles. The van der Waals surface area contributed by atoms with Crippen LogP contribution in [-0.4, -0.2) is 29.3 Å². The second kappa shape index (κ2) is 9.55. The molecule has 5 nitrogen and oxygen atoms in total. The lowest BCUT2D eigenvalue weighted by molar-refractivity contribution is -0.116. The van der Waals surface area contributed by atoms with Gasteiger partial charge in [0, 0.05) is 29.9 Å². The largest absolute Gasteiger partial charge is 0.496 e. The van der Waals surface area contributed by atoms with Crippen LogP contribution in [0.4, 0.5) is 0 Å². The fourth-order valence-corrected chi connectivity index (χ4v) is 2.88. The Bertz CT molecular complexity index is 945. The van der Waals surface area contributed by atoms with E-state index in [9.17, 15) is 4.79 Å². The van der Waals surface area contributed by atoms with Crippen LogP contribution in [0.5, 0.6) is 5.75 Å². The second-order valence-electron chi connectivity index (χ2n) is 6.39. The van der Waals surface area contributed by atoms with E-state index in [1.165, 1.54) is 0 Å². The van der Waals surface area contributed by atoms with Gasteiger partial charge in [0.05, 0.1) is 12.8 Å². The summed E-state index contributed by atoms with van der Waals surface area (Å²) in [4.78, 5) is 12.1. The van der Waals surface area contributed by atoms with Crippen molar-refractivity contribution in [2.75, 3.05) is 13.7 Å². The Balaban J connectivity index is 1.97. The first-order chi connectivity index (χ1) is 13.7. The van der Waals surface area contributed by atoms with Gasteiger partial charge < -0.3 is 10.1 Å². The molecule has 0 saturated heterocycles.